The molecular weight excluding hydrogens is 552 g/mol. The first-order chi connectivity index (χ1) is 20.2. The molecule has 0 aliphatic carbocycles. The number of aliphatic carboxylic acids is 1. The van der Waals surface area contributed by atoms with E-state index in [2.05, 4.69) is 5.32 Å². The Bertz CT molecular complexity index is 1760. The van der Waals surface area contributed by atoms with E-state index in [0.29, 0.717) is 11.3 Å². The quantitative estimate of drug-likeness (QED) is 0.180. The number of amides is 1. The SMILES string of the molecule is Cc1c(C(=O)Nc2ccc(-c3ccc(N(C(C(=O)O)C(C)C)S(=O)[O-])cc3)cc2)oc2cccc(-c3ccccc3)c12. The third-order valence-electron chi connectivity index (χ3n) is 7.14. The van der Waals surface area contributed by atoms with Gasteiger partial charge in [0.05, 0.1) is 0 Å². The van der Waals surface area contributed by atoms with Gasteiger partial charge in [0.15, 0.2) is 5.76 Å². The van der Waals surface area contributed by atoms with E-state index in [1.54, 1.807) is 50.2 Å². The minimum atomic E-state index is -2.77. The number of hydrogen-bond donors (Lipinski definition) is 2. The molecule has 42 heavy (non-hydrogen) atoms. The smallest absolute Gasteiger partial charge is 0.327 e. The zero-order valence-electron chi connectivity index (χ0n) is 23.2. The molecule has 0 spiro atoms. The van der Waals surface area contributed by atoms with Crippen molar-refractivity contribution in [3.05, 3.63) is 108 Å². The number of nitrogens with zero attached hydrogens (tertiary/aromatic N) is 1. The highest BCUT2D eigenvalue weighted by Gasteiger charge is 2.30. The van der Waals surface area contributed by atoms with Crippen LogP contribution in [0.2, 0.25) is 0 Å². The van der Waals surface area contributed by atoms with Crippen LogP contribution in [0.1, 0.15) is 30.0 Å². The average molecular weight is 582 g/mol. The normalized spacial score (nSPS) is 12.7. The van der Waals surface area contributed by atoms with E-state index in [9.17, 15) is 23.5 Å². The summed E-state index contributed by atoms with van der Waals surface area (Å²) in [5.74, 6) is -1.76. The second-order valence-corrected chi connectivity index (χ2v) is 11.1. The predicted molar refractivity (Wildman–Crippen MR) is 164 cm³/mol. The zero-order valence-corrected chi connectivity index (χ0v) is 24.1. The van der Waals surface area contributed by atoms with Crippen molar-refractivity contribution >= 4 is 45.5 Å². The van der Waals surface area contributed by atoms with Crippen molar-refractivity contribution in [2.24, 2.45) is 5.92 Å². The van der Waals surface area contributed by atoms with Gasteiger partial charge in [-0.25, -0.2) is 4.79 Å². The molecule has 0 aliphatic rings. The first kappa shape index (κ1) is 28.8. The second-order valence-electron chi connectivity index (χ2n) is 10.2. The van der Waals surface area contributed by atoms with E-state index in [4.69, 9.17) is 4.42 Å². The molecule has 9 heteroatoms. The van der Waals surface area contributed by atoms with Gasteiger partial charge in [-0.1, -0.05) is 80.6 Å². The third-order valence-corrected chi connectivity index (χ3v) is 7.90. The molecule has 1 heterocycles. The van der Waals surface area contributed by atoms with Crippen LogP contribution in [0.3, 0.4) is 0 Å². The largest absolute Gasteiger partial charge is 0.755 e. The minimum Gasteiger partial charge on any atom is -0.755 e. The third kappa shape index (κ3) is 5.70. The number of hydrogen-bond acceptors (Lipinski definition) is 5. The molecule has 4 aromatic carbocycles. The molecule has 1 aromatic heterocycles. The lowest BCUT2D eigenvalue weighted by molar-refractivity contribution is -0.139. The van der Waals surface area contributed by atoms with Gasteiger partial charge in [-0.05, 0) is 65.4 Å². The number of rotatable bonds is 9. The molecule has 0 saturated carbocycles. The van der Waals surface area contributed by atoms with E-state index in [-0.39, 0.29) is 17.4 Å². The Morgan fingerprint density at radius 1 is 0.857 bits per heavy atom. The molecular formula is C33H29N2O6S-. The molecule has 0 aliphatic heterocycles. The van der Waals surface area contributed by atoms with Crippen molar-refractivity contribution in [2.45, 2.75) is 26.8 Å². The highest BCUT2D eigenvalue weighted by molar-refractivity contribution is 7.80. The number of anilines is 2. The number of carboxylic acids is 1. The number of benzene rings is 4. The maximum Gasteiger partial charge on any atom is 0.327 e. The van der Waals surface area contributed by atoms with Gasteiger partial charge in [0.1, 0.15) is 11.6 Å². The first-order valence-corrected chi connectivity index (χ1v) is 14.4. The van der Waals surface area contributed by atoms with Gasteiger partial charge >= 0.3 is 5.97 Å². The van der Waals surface area contributed by atoms with E-state index in [1.807, 2.05) is 67.6 Å². The maximum absolute atomic E-state index is 13.2. The zero-order chi connectivity index (χ0) is 30.0. The number of furan rings is 1. The van der Waals surface area contributed by atoms with Gasteiger partial charge in [0, 0.05) is 33.6 Å². The summed E-state index contributed by atoms with van der Waals surface area (Å²) in [6.07, 6.45) is 0. The molecule has 0 radical (unpaired) electrons. The fraction of sp³-hybridized carbons (Fsp3) is 0.152. The van der Waals surface area contributed by atoms with Gasteiger partial charge in [-0.3, -0.25) is 13.3 Å². The fourth-order valence-corrected chi connectivity index (χ4v) is 5.92. The Morgan fingerprint density at radius 3 is 2.05 bits per heavy atom. The summed E-state index contributed by atoms with van der Waals surface area (Å²) in [6, 6.07) is 28.3. The summed E-state index contributed by atoms with van der Waals surface area (Å²) >= 11 is -2.77. The molecule has 2 unspecified atom stereocenters. The van der Waals surface area contributed by atoms with E-state index < -0.39 is 29.2 Å². The number of nitrogens with one attached hydrogen (secondary N) is 1. The minimum absolute atomic E-state index is 0.245. The van der Waals surface area contributed by atoms with Crippen LogP contribution in [-0.2, 0) is 16.1 Å². The first-order valence-electron chi connectivity index (χ1n) is 13.4. The number of fused-ring (bicyclic) bond motifs is 1. The van der Waals surface area contributed by atoms with Crippen molar-refractivity contribution in [1.82, 2.24) is 0 Å². The summed E-state index contributed by atoms with van der Waals surface area (Å²) in [7, 11) is 0. The van der Waals surface area contributed by atoms with Crippen LogP contribution >= 0.6 is 0 Å². The Morgan fingerprint density at radius 2 is 1.48 bits per heavy atom. The van der Waals surface area contributed by atoms with Gasteiger partial charge in [0.25, 0.3) is 5.91 Å². The molecule has 0 saturated heterocycles. The summed E-state index contributed by atoms with van der Waals surface area (Å²) in [4.78, 5) is 24.9. The number of carboxylic acid groups (broad SMARTS) is 1. The van der Waals surface area contributed by atoms with Crippen molar-refractivity contribution in [2.75, 3.05) is 9.62 Å². The van der Waals surface area contributed by atoms with E-state index >= 15 is 0 Å². The molecule has 8 nitrogen and oxygen atoms in total. The molecule has 0 fully saturated rings. The topological polar surface area (TPSA) is 123 Å². The van der Waals surface area contributed by atoms with Gasteiger partial charge in [-0.15, -0.1) is 0 Å². The van der Waals surface area contributed by atoms with Crippen molar-refractivity contribution in [3.63, 3.8) is 0 Å². The fourth-order valence-electron chi connectivity index (χ4n) is 5.11. The highest BCUT2D eigenvalue weighted by atomic mass is 32.2. The van der Waals surface area contributed by atoms with Crippen molar-refractivity contribution in [1.29, 1.82) is 0 Å². The van der Waals surface area contributed by atoms with Crippen molar-refractivity contribution in [3.8, 4) is 22.3 Å². The summed E-state index contributed by atoms with van der Waals surface area (Å²) < 4.78 is 30.7. The predicted octanol–water partition coefficient (Wildman–Crippen LogP) is 7.04. The Hall–Kier alpha value is -4.73. The Balaban J connectivity index is 1.34. The highest BCUT2D eigenvalue weighted by Crippen LogP contribution is 2.35. The summed E-state index contributed by atoms with van der Waals surface area (Å²) in [5.41, 5.74) is 5.90. The molecule has 214 valence electrons. The lowest BCUT2D eigenvalue weighted by atomic mass is 9.99. The van der Waals surface area contributed by atoms with E-state index in [0.717, 1.165) is 37.5 Å². The molecule has 2 N–H and O–H groups in total. The van der Waals surface area contributed by atoms with Crippen LogP contribution < -0.4 is 9.62 Å². The van der Waals surface area contributed by atoms with E-state index in [1.165, 1.54) is 0 Å². The molecule has 2 atom stereocenters. The van der Waals surface area contributed by atoms with Gasteiger partial charge in [0.2, 0.25) is 0 Å². The number of aryl methyl sites for hydroxylation is 1. The molecule has 5 rings (SSSR count). The summed E-state index contributed by atoms with van der Waals surface area (Å²) in [5, 5.41) is 13.4. The molecule has 5 aromatic rings. The van der Waals surface area contributed by atoms with Crippen LogP contribution in [0.25, 0.3) is 33.2 Å². The lowest BCUT2D eigenvalue weighted by Crippen LogP contribution is -2.45. The van der Waals surface area contributed by atoms with Crippen LogP contribution in [0, 0.1) is 12.8 Å². The number of carbonyl (C=O) groups excluding carboxylic acids is 1. The molecule has 1 amide bonds. The Kier molecular flexibility index (Phi) is 8.24. The molecule has 0 bridgehead atoms. The van der Waals surface area contributed by atoms with Gasteiger partial charge < -0.3 is 19.4 Å². The summed E-state index contributed by atoms with van der Waals surface area (Å²) in [6.45, 7) is 5.19. The van der Waals surface area contributed by atoms with Crippen LogP contribution in [0.15, 0.2) is 101 Å². The lowest BCUT2D eigenvalue weighted by Gasteiger charge is -2.34. The Labute approximate surface area is 246 Å². The standard InChI is InChI=1S/C33H30N2O6S/c1-20(2)30(33(37)38)35(42(39)40)26-18-14-23(15-19-26)22-12-16-25(17-13-22)34-32(36)31-21(3)29-27(10-7-11-28(29)41-31)24-8-5-4-6-9-24/h4-20,30H,1-3H3,(H,34,36)(H,37,38)(H,39,40)/p-1. The average Bonchev–Trinajstić information content (AvgIpc) is 3.33. The monoisotopic (exact) mass is 581 g/mol. The van der Waals surface area contributed by atoms with Gasteiger partial charge in [-0.2, -0.15) is 0 Å². The second kappa shape index (κ2) is 12.0. The van der Waals surface area contributed by atoms with Crippen LogP contribution in [-0.4, -0.2) is 31.8 Å². The number of carbonyl (C=O) groups is 2. The van der Waals surface area contributed by atoms with Crippen LogP contribution in [0.4, 0.5) is 11.4 Å². The van der Waals surface area contributed by atoms with Crippen LogP contribution in [0.5, 0.6) is 0 Å². The van der Waals surface area contributed by atoms with Crippen molar-refractivity contribution < 1.29 is 27.9 Å². The maximum atomic E-state index is 13.2.